The van der Waals surface area contributed by atoms with Crippen molar-refractivity contribution < 1.29 is 9.90 Å². The molecule has 21 heavy (non-hydrogen) atoms. The van der Waals surface area contributed by atoms with Crippen LogP contribution >= 0.6 is 22.7 Å². The Balaban J connectivity index is 1.56. The molecular formula is C15H14N2O2S2. The SMILES string of the molecule is O=C(NCCC(O)c1cccs1)c1nc2ccccc2s1. The Morgan fingerprint density at radius 2 is 2.14 bits per heavy atom. The zero-order valence-electron chi connectivity index (χ0n) is 11.2. The number of aliphatic hydroxyl groups is 1. The molecule has 1 aromatic carbocycles. The number of para-hydroxylation sites is 1. The molecule has 0 saturated heterocycles. The van der Waals surface area contributed by atoms with Crippen molar-refractivity contribution in [2.75, 3.05) is 6.54 Å². The first kappa shape index (κ1) is 14.2. The molecule has 0 saturated carbocycles. The van der Waals surface area contributed by atoms with E-state index in [9.17, 15) is 9.90 Å². The maximum atomic E-state index is 12.0. The van der Waals surface area contributed by atoms with Crippen LogP contribution in [0.3, 0.4) is 0 Å². The number of benzene rings is 1. The fourth-order valence-corrected chi connectivity index (χ4v) is 3.62. The fourth-order valence-electron chi connectivity index (χ4n) is 1.99. The molecule has 0 spiro atoms. The molecule has 0 aliphatic heterocycles. The molecule has 2 heterocycles. The van der Waals surface area contributed by atoms with Crippen molar-refractivity contribution in [3.63, 3.8) is 0 Å². The van der Waals surface area contributed by atoms with Crippen LogP contribution in [0.2, 0.25) is 0 Å². The standard InChI is InChI=1S/C15H14N2O2S2/c18-11(13-6-3-9-20-13)7-8-16-14(19)15-17-10-4-1-2-5-12(10)21-15/h1-6,9,11,18H,7-8H2,(H,16,19). The summed E-state index contributed by atoms with van der Waals surface area (Å²) >= 11 is 2.89. The van der Waals surface area contributed by atoms with Gasteiger partial charge in [-0.1, -0.05) is 18.2 Å². The van der Waals surface area contributed by atoms with Gasteiger partial charge in [0, 0.05) is 11.4 Å². The van der Waals surface area contributed by atoms with E-state index in [2.05, 4.69) is 10.3 Å². The summed E-state index contributed by atoms with van der Waals surface area (Å²) in [6.07, 6.45) is -0.0300. The maximum Gasteiger partial charge on any atom is 0.280 e. The quantitative estimate of drug-likeness (QED) is 0.759. The number of rotatable bonds is 5. The van der Waals surface area contributed by atoms with E-state index in [1.807, 2.05) is 41.8 Å². The third kappa shape index (κ3) is 3.29. The largest absolute Gasteiger partial charge is 0.388 e. The molecule has 3 rings (SSSR count). The molecule has 4 nitrogen and oxygen atoms in total. The lowest BCUT2D eigenvalue weighted by molar-refractivity contribution is 0.0943. The Bertz CT molecular complexity index is 704. The van der Waals surface area contributed by atoms with E-state index < -0.39 is 6.10 Å². The van der Waals surface area contributed by atoms with E-state index in [-0.39, 0.29) is 5.91 Å². The summed E-state index contributed by atoms with van der Waals surface area (Å²) in [5.74, 6) is -0.186. The molecule has 1 atom stereocenters. The van der Waals surface area contributed by atoms with Crippen LogP contribution in [0, 0.1) is 0 Å². The average Bonchev–Trinajstić information content (AvgIpc) is 3.16. The van der Waals surface area contributed by atoms with Gasteiger partial charge in [-0.3, -0.25) is 4.79 Å². The van der Waals surface area contributed by atoms with Crippen molar-refractivity contribution in [3.05, 3.63) is 51.7 Å². The van der Waals surface area contributed by atoms with Gasteiger partial charge >= 0.3 is 0 Å². The number of aliphatic hydroxyl groups excluding tert-OH is 1. The first-order valence-corrected chi connectivity index (χ1v) is 8.29. The Labute approximate surface area is 130 Å². The predicted octanol–water partition coefficient (Wildman–Crippen LogP) is 3.21. The summed E-state index contributed by atoms with van der Waals surface area (Å²) in [6.45, 7) is 0.424. The lowest BCUT2D eigenvalue weighted by atomic mass is 10.2. The number of aromatic nitrogens is 1. The van der Waals surface area contributed by atoms with Gasteiger partial charge in [-0.2, -0.15) is 0 Å². The van der Waals surface area contributed by atoms with Crippen molar-refractivity contribution in [3.8, 4) is 0 Å². The number of hydrogen-bond acceptors (Lipinski definition) is 5. The van der Waals surface area contributed by atoms with Gasteiger partial charge < -0.3 is 10.4 Å². The van der Waals surface area contributed by atoms with Crippen LogP contribution in [0.1, 0.15) is 27.2 Å². The number of hydrogen-bond donors (Lipinski definition) is 2. The van der Waals surface area contributed by atoms with Crippen LogP contribution in [0.5, 0.6) is 0 Å². The number of thiophene rings is 1. The van der Waals surface area contributed by atoms with Gasteiger partial charge in [0.2, 0.25) is 0 Å². The second-order valence-electron chi connectivity index (χ2n) is 4.56. The lowest BCUT2D eigenvalue weighted by Crippen LogP contribution is -2.25. The van der Waals surface area contributed by atoms with Gasteiger partial charge in [-0.25, -0.2) is 4.98 Å². The average molecular weight is 318 g/mol. The molecule has 6 heteroatoms. The Hall–Kier alpha value is -1.76. The highest BCUT2D eigenvalue weighted by Gasteiger charge is 2.13. The van der Waals surface area contributed by atoms with Crippen molar-refractivity contribution in [1.82, 2.24) is 10.3 Å². The third-order valence-corrected chi connectivity index (χ3v) is 5.07. The van der Waals surface area contributed by atoms with Gasteiger partial charge in [0.1, 0.15) is 0 Å². The highest BCUT2D eigenvalue weighted by atomic mass is 32.1. The van der Waals surface area contributed by atoms with Crippen molar-refractivity contribution in [1.29, 1.82) is 0 Å². The minimum Gasteiger partial charge on any atom is -0.388 e. The third-order valence-electron chi connectivity index (χ3n) is 3.06. The Kier molecular flexibility index (Phi) is 4.28. The van der Waals surface area contributed by atoms with Crippen LogP contribution in [-0.2, 0) is 0 Å². The zero-order valence-corrected chi connectivity index (χ0v) is 12.8. The molecule has 0 aliphatic rings. The van der Waals surface area contributed by atoms with E-state index in [1.54, 1.807) is 0 Å². The Morgan fingerprint density at radius 3 is 2.90 bits per heavy atom. The van der Waals surface area contributed by atoms with Gasteiger partial charge in [0.15, 0.2) is 5.01 Å². The zero-order chi connectivity index (χ0) is 14.7. The summed E-state index contributed by atoms with van der Waals surface area (Å²) in [5, 5.41) is 15.1. The fraction of sp³-hybridized carbons (Fsp3) is 0.200. The molecule has 2 N–H and O–H groups in total. The maximum absolute atomic E-state index is 12.0. The molecule has 0 fully saturated rings. The van der Waals surface area contributed by atoms with Crippen LogP contribution in [0.15, 0.2) is 41.8 Å². The van der Waals surface area contributed by atoms with E-state index in [0.29, 0.717) is 18.0 Å². The first-order valence-electron chi connectivity index (χ1n) is 6.59. The summed E-state index contributed by atoms with van der Waals surface area (Å²) in [6, 6.07) is 11.5. The normalized spacial score (nSPS) is 12.4. The highest BCUT2D eigenvalue weighted by molar-refractivity contribution is 7.20. The van der Waals surface area contributed by atoms with Crippen LogP contribution in [0.4, 0.5) is 0 Å². The Morgan fingerprint density at radius 1 is 1.29 bits per heavy atom. The van der Waals surface area contributed by atoms with Crippen molar-refractivity contribution >= 4 is 38.8 Å². The van der Waals surface area contributed by atoms with Gasteiger partial charge in [-0.05, 0) is 30.0 Å². The van der Waals surface area contributed by atoms with Crippen LogP contribution in [0.25, 0.3) is 10.2 Å². The van der Waals surface area contributed by atoms with Crippen LogP contribution < -0.4 is 5.32 Å². The summed E-state index contributed by atoms with van der Waals surface area (Å²) < 4.78 is 1.00. The van der Waals surface area contributed by atoms with Gasteiger partial charge in [-0.15, -0.1) is 22.7 Å². The molecule has 0 aliphatic carbocycles. The van der Waals surface area contributed by atoms with E-state index in [0.717, 1.165) is 15.1 Å². The molecule has 0 radical (unpaired) electrons. The molecule has 2 aromatic heterocycles. The topological polar surface area (TPSA) is 62.2 Å². The molecule has 108 valence electrons. The van der Waals surface area contributed by atoms with E-state index in [1.165, 1.54) is 22.7 Å². The second kappa shape index (κ2) is 6.34. The minimum atomic E-state index is -0.527. The molecule has 1 unspecified atom stereocenters. The molecular weight excluding hydrogens is 304 g/mol. The van der Waals surface area contributed by atoms with Crippen molar-refractivity contribution in [2.24, 2.45) is 0 Å². The minimum absolute atomic E-state index is 0.186. The van der Waals surface area contributed by atoms with Gasteiger partial charge in [0.25, 0.3) is 5.91 Å². The van der Waals surface area contributed by atoms with E-state index >= 15 is 0 Å². The monoisotopic (exact) mass is 318 g/mol. The summed E-state index contributed by atoms with van der Waals surface area (Å²) in [4.78, 5) is 17.3. The lowest BCUT2D eigenvalue weighted by Gasteiger charge is -2.08. The number of fused-ring (bicyclic) bond motifs is 1. The number of carbonyl (C=O) groups is 1. The number of thiazole rings is 1. The smallest absolute Gasteiger partial charge is 0.280 e. The number of amides is 1. The second-order valence-corrected chi connectivity index (χ2v) is 6.57. The number of nitrogens with zero attached hydrogens (tertiary/aromatic N) is 1. The van der Waals surface area contributed by atoms with Crippen molar-refractivity contribution in [2.45, 2.75) is 12.5 Å². The van der Waals surface area contributed by atoms with E-state index in [4.69, 9.17) is 0 Å². The number of carbonyl (C=O) groups excluding carboxylic acids is 1. The molecule has 1 amide bonds. The highest BCUT2D eigenvalue weighted by Crippen LogP contribution is 2.22. The summed E-state index contributed by atoms with van der Waals surface area (Å²) in [5.41, 5.74) is 0.839. The molecule has 3 aromatic rings. The number of nitrogens with one attached hydrogen (secondary N) is 1. The first-order chi connectivity index (χ1) is 10.2. The predicted molar refractivity (Wildman–Crippen MR) is 85.8 cm³/mol. The van der Waals surface area contributed by atoms with Crippen LogP contribution in [-0.4, -0.2) is 22.5 Å². The van der Waals surface area contributed by atoms with Gasteiger partial charge in [0.05, 0.1) is 16.3 Å². The summed E-state index contributed by atoms with van der Waals surface area (Å²) in [7, 11) is 0. The molecule has 0 bridgehead atoms.